The first kappa shape index (κ1) is 22.5. The van der Waals surface area contributed by atoms with Gasteiger partial charge in [-0.15, -0.1) is 12.4 Å². The number of urea groups is 1. The minimum Gasteiger partial charge on any atom is -0.497 e. The molecule has 3 rings (SSSR count). The fraction of sp³-hybridized carbons (Fsp3) is 0.333. The Kier molecular flexibility index (Phi) is 8.30. The van der Waals surface area contributed by atoms with E-state index in [4.69, 9.17) is 9.47 Å². The molecule has 0 aliphatic carbocycles. The van der Waals surface area contributed by atoms with Crippen molar-refractivity contribution in [2.75, 3.05) is 33.9 Å². The van der Waals surface area contributed by atoms with Crippen molar-refractivity contribution in [1.82, 2.24) is 15.5 Å². The van der Waals surface area contributed by atoms with Crippen LogP contribution in [0, 0.1) is 0 Å². The van der Waals surface area contributed by atoms with E-state index in [2.05, 4.69) is 10.6 Å². The van der Waals surface area contributed by atoms with Gasteiger partial charge in [0.25, 0.3) is 0 Å². The zero-order valence-corrected chi connectivity index (χ0v) is 17.3. The summed E-state index contributed by atoms with van der Waals surface area (Å²) in [5.41, 5.74) is 2.43. The number of carbonyl (C=O) groups excluding carboxylic acids is 2. The van der Waals surface area contributed by atoms with Crippen LogP contribution >= 0.6 is 12.4 Å². The number of piperazine rings is 1. The maximum absolute atomic E-state index is 12.8. The number of benzene rings is 2. The fourth-order valence-corrected chi connectivity index (χ4v) is 3.25. The molecular weight excluding hydrogens is 394 g/mol. The summed E-state index contributed by atoms with van der Waals surface area (Å²) in [6.07, 6.45) is 0. The number of esters is 1. The molecule has 1 aliphatic rings. The second-order valence-electron chi connectivity index (χ2n) is 6.54. The zero-order chi connectivity index (χ0) is 19.9. The second kappa shape index (κ2) is 10.7. The van der Waals surface area contributed by atoms with Gasteiger partial charge in [-0.05, 0) is 35.4 Å². The Balaban J connectivity index is 0.00000300. The first-order chi connectivity index (χ1) is 13.6. The molecule has 1 fully saturated rings. The molecule has 7 nitrogen and oxygen atoms in total. The van der Waals surface area contributed by atoms with Gasteiger partial charge in [0.1, 0.15) is 5.75 Å². The van der Waals surface area contributed by atoms with E-state index in [0.29, 0.717) is 25.2 Å². The monoisotopic (exact) mass is 419 g/mol. The minimum atomic E-state index is -0.377. The molecule has 0 spiro atoms. The number of carbonyl (C=O) groups is 2. The van der Waals surface area contributed by atoms with Crippen molar-refractivity contribution >= 4 is 24.4 Å². The number of ether oxygens (including phenoxy) is 2. The van der Waals surface area contributed by atoms with Crippen LogP contribution in [0.4, 0.5) is 4.79 Å². The lowest BCUT2D eigenvalue weighted by molar-refractivity contribution is 0.0600. The van der Waals surface area contributed by atoms with E-state index < -0.39 is 0 Å². The molecule has 1 unspecified atom stereocenters. The number of nitrogens with one attached hydrogen (secondary N) is 2. The topological polar surface area (TPSA) is 79.9 Å². The average molecular weight is 420 g/mol. The number of hydrogen-bond donors (Lipinski definition) is 2. The molecule has 1 heterocycles. The second-order valence-corrected chi connectivity index (χ2v) is 6.54. The third kappa shape index (κ3) is 5.62. The summed E-state index contributed by atoms with van der Waals surface area (Å²) in [5.74, 6) is 0.395. The summed E-state index contributed by atoms with van der Waals surface area (Å²) in [7, 11) is 2.98. The van der Waals surface area contributed by atoms with E-state index in [0.717, 1.165) is 23.4 Å². The normalized spacial score (nSPS) is 15.8. The maximum Gasteiger partial charge on any atom is 0.337 e. The molecule has 1 saturated heterocycles. The van der Waals surface area contributed by atoms with Crippen LogP contribution in [-0.4, -0.2) is 50.8 Å². The lowest BCUT2D eigenvalue weighted by Crippen LogP contribution is -2.51. The smallest absolute Gasteiger partial charge is 0.337 e. The Hall–Kier alpha value is -2.77. The Morgan fingerprint density at radius 1 is 1.17 bits per heavy atom. The molecule has 2 N–H and O–H groups in total. The van der Waals surface area contributed by atoms with Crippen LogP contribution in [0.15, 0.2) is 48.5 Å². The Bertz CT molecular complexity index is 829. The SMILES string of the molecule is COC(=O)c1ccc(CNC(=O)N2CCNCC2c2cccc(OC)c2)cc1.Cl. The summed E-state index contributed by atoms with van der Waals surface area (Å²) in [6.45, 7) is 2.44. The van der Waals surface area contributed by atoms with E-state index in [9.17, 15) is 9.59 Å². The van der Waals surface area contributed by atoms with Crippen molar-refractivity contribution in [1.29, 1.82) is 0 Å². The van der Waals surface area contributed by atoms with E-state index in [1.165, 1.54) is 7.11 Å². The molecule has 8 heteroatoms. The van der Waals surface area contributed by atoms with Crippen LogP contribution in [-0.2, 0) is 11.3 Å². The van der Waals surface area contributed by atoms with Gasteiger partial charge >= 0.3 is 12.0 Å². The predicted molar refractivity (Wildman–Crippen MR) is 113 cm³/mol. The van der Waals surface area contributed by atoms with Crippen LogP contribution in [0.1, 0.15) is 27.5 Å². The number of hydrogen-bond acceptors (Lipinski definition) is 5. The van der Waals surface area contributed by atoms with Crippen molar-refractivity contribution in [3.05, 3.63) is 65.2 Å². The van der Waals surface area contributed by atoms with Gasteiger partial charge in [-0.3, -0.25) is 0 Å². The lowest BCUT2D eigenvalue weighted by atomic mass is 10.0. The number of amides is 2. The summed E-state index contributed by atoms with van der Waals surface area (Å²) in [4.78, 5) is 26.2. The minimum absolute atomic E-state index is 0. The van der Waals surface area contributed by atoms with Gasteiger partial charge in [-0.1, -0.05) is 24.3 Å². The molecule has 0 saturated carbocycles. The highest BCUT2D eigenvalue weighted by molar-refractivity contribution is 5.89. The van der Waals surface area contributed by atoms with Gasteiger partial charge < -0.3 is 25.0 Å². The highest BCUT2D eigenvalue weighted by Gasteiger charge is 2.28. The summed E-state index contributed by atoms with van der Waals surface area (Å²) >= 11 is 0. The van der Waals surface area contributed by atoms with Gasteiger partial charge in [0, 0.05) is 26.2 Å². The first-order valence-electron chi connectivity index (χ1n) is 9.18. The standard InChI is InChI=1S/C21H25N3O4.ClH/c1-27-18-5-3-4-17(12-18)19-14-22-10-11-24(19)21(26)23-13-15-6-8-16(9-7-15)20(25)28-2;/h3-9,12,19,22H,10-11,13-14H2,1-2H3,(H,23,26);1H. The number of halogens is 1. The van der Waals surface area contributed by atoms with Gasteiger partial charge in [-0.25, -0.2) is 9.59 Å². The van der Waals surface area contributed by atoms with E-state index in [1.54, 1.807) is 19.2 Å². The zero-order valence-electron chi connectivity index (χ0n) is 16.5. The molecule has 2 aromatic rings. The van der Waals surface area contributed by atoms with Crippen molar-refractivity contribution in [3.8, 4) is 5.75 Å². The van der Waals surface area contributed by atoms with Gasteiger partial charge in [0.15, 0.2) is 0 Å². The molecule has 29 heavy (non-hydrogen) atoms. The average Bonchev–Trinajstić information content (AvgIpc) is 2.77. The van der Waals surface area contributed by atoms with Crippen LogP contribution in [0.2, 0.25) is 0 Å². The van der Waals surface area contributed by atoms with Crippen molar-refractivity contribution in [2.24, 2.45) is 0 Å². The van der Waals surface area contributed by atoms with Crippen LogP contribution in [0.3, 0.4) is 0 Å². The van der Waals surface area contributed by atoms with Crippen LogP contribution in [0.25, 0.3) is 0 Å². The van der Waals surface area contributed by atoms with E-state index >= 15 is 0 Å². The Labute approximate surface area is 176 Å². The van der Waals surface area contributed by atoms with Gasteiger partial charge in [0.05, 0.1) is 25.8 Å². The third-order valence-corrected chi connectivity index (χ3v) is 4.80. The molecule has 0 radical (unpaired) electrons. The van der Waals surface area contributed by atoms with Crippen LogP contribution in [0.5, 0.6) is 5.75 Å². The highest BCUT2D eigenvalue weighted by atomic mass is 35.5. The van der Waals surface area contributed by atoms with E-state index in [-0.39, 0.29) is 30.4 Å². The van der Waals surface area contributed by atoms with Crippen LogP contribution < -0.4 is 15.4 Å². The largest absolute Gasteiger partial charge is 0.497 e. The Morgan fingerprint density at radius 2 is 1.93 bits per heavy atom. The van der Waals surface area contributed by atoms with Gasteiger partial charge in [0.2, 0.25) is 0 Å². The molecule has 1 atom stereocenters. The predicted octanol–water partition coefficient (Wildman–Crippen LogP) is 2.76. The molecule has 2 aromatic carbocycles. The highest BCUT2D eigenvalue weighted by Crippen LogP contribution is 2.25. The lowest BCUT2D eigenvalue weighted by Gasteiger charge is -2.36. The molecule has 2 amide bonds. The van der Waals surface area contributed by atoms with E-state index in [1.807, 2.05) is 41.3 Å². The molecule has 1 aliphatic heterocycles. The number of methoxy groups -OCH3 is 2. The Morgan fingerprint density at radius 3 is 2.62 bits per heavy atom. The summed E-state index contributed by atoms with van der Waals surface area (Å²) in [5, 5.41) is 6.32. The summed E-state index contributed by atoms with van der Waals surface area (Å²) < 4.78 is 10.0. The first-order valence-corrected chi connectivity index (χ1v) is 9.18. The molecule has 0 bridgehead atoms. The third-order valence-electron chi connectivity index (χ3n) is 4.80. The van der Waals surface area contributed by atoms with Crippen molar-refractivity contribution in [2.45, 2.75) is 12.6 Å². The van der Waals surface area contributed by atoms with Crippen molar-refractivity contribution < 1.29 is 19.1 Å². The quantitative estimate of drug-likeness (QED) is 0.728. The molecule has 156 valence electrons. The van der Waals surface area contributed by atoms with Gasteiger partial charge in [-0.2, -0.15) is 0 Å². The summed E-state index contributed by atoms with van der Waals surface area (Å²) in [6, 6.07) is 14.6. The number of rotatable bonds is 5. The maximum atomic E-state index is 12.8. The fourth-order valence-electron chi connectivity index (χ4n) is 3.25. The number of nitrogens with zero attached hydrogens (tertiary/aromatic N) is 1. The van der Waals surface area contributed by atoms with Crippen molar-refractivity contribution in [3.63, 3.8) is 0 Å². The molecule has 0 aromatic heterocycles. The molecular formula is C21H26ClN3O4.